The first-order valence-corrected chi connectivity index (χ1v) is 7.39. The van der Waals surface area contributed by atoms with Crippen LogP contribution in [0.3, 0.4) is 0 Å². The number of nitrogens with one attached hydrogen (secondary N) is 2. The van der Waals surface area contributed by atoms with Gasteiger partial charge < -0.3 is 5.32 Å². The van der Waals surface area contributed by atoms with Crippen LogP contribution in [-0.2, 0) is 14.8 Å². The molecule has 5 nitrogen and oxygen atoms in total. The predicted molar refractivity (Wildman–Crippen MR) is 67.8 cm³/mol. The molecule has 1 unspecified atom stereocenters. The number of rotatable bonds is 4. The van der Waals surface area contributed by atoms with Crippen molar-refractivity contribution in [1.82, 2.24) is 10.0 Å². The van der Waals surface area contributed by atoms with Gasteiger partial charge in [-0.1, -0.05) is 23.7 Å². The fraction of sp³-hybridized carbons (Fsp3) is 0.364. The van der Waals surface area contributed by atoms with E-state index < -0.39 is 10.0 Å². The van der Waals surface area contributed by atoms with E-state index >= 15 is 0 Å². The van der Waals surface area contributed by atoms with E-state index in [1.165, 1.54) is 12.1 Å². The highest BCUT2D eigenvalue weighted by Crippen LogP contribution is 2.20. The zero-order valence-electron chi connectivity index (χ0n) is 9.52. The summed E-state index contributed by atoms with van der Waals surface area (Å²) >= 11 is 5.84. The Morgan fingerprint density at radius 3 is 2.72 bits per heavy atom. The minimum absolute atomic E-state index is 0.0445. The van der Waals surface area contributed by atoms with Gasteiger partial charge >= 0.3 is 0 Å². The minimum atomic E-state index is -3.63. The Hall–Kier alpha value is -1.11. The molecule has 2 rings (SSSR count). The van der Waals surface area contributed by atoms with E-state index in [0.717, 1.165) is 0 Å². The molecule has 18 heavy (non-hydrogen) atoms. The van der Waals surface area contributed by atoms with Gasteiger partial charge in [-0.3, -0.25) is 4.79 Å². The van der Waals surface area contributed by atoms with Gasteiger partial charge in [0, 0.05) is 19.0 Å². The highest BCUT2D eigenvalue weighted by atomic mass is 35.5. The maximum absolute atomic E-state index is 12.0. The molecule has 1 fully saturated rings. The number of carbonyl (C=O) groups is 1. The minimum Gasteiger partial charge on any atom is -0.352 e. The first-order chi connectivity index (χ1) is 8.49. The maximum atomic E-state index is 12.0. The lowest BCUT2D eigenvalue weighted by molar-refractivity contribution is -0.119. The van der Waals surface area contributed by atoms with Gasteiger partial charge in [0.05, 0.1) is 5.02 Å². The second-order valence-corrected chi connectivity index (χ2v) is 6.23. The molecule has 1 saturated heterocycles. The fourth-order valence-corrected chi connectivity index (χ4v) is 3.38. The third kappa shape index (κ3) is 3.01. The van der Waals surface area contributed by atoms with Gasteiger partial charge in [-0.05, 0) is 18.6 Å². The molecule has 1 heterocycles. The van der Waals surface area contributed by atoms with Crippen LogP contribution in [0.25, 0.3) is 0 Å². The number of amides is 1. The molecule has 0 aliphatic carbocycles. The van der Waals surface area contributed by atoms with Crippen LogP contribution in [0.2, 0.25) is 5.02 Å². The fourth-order valence-electron chi connectivity index (χ4n) is 1.78. The highest BCUT2D eigenvalue weighted by molar-refractivity contribution is 7.89. The Morgan fingerprint density at radius 2 is 2.11 bits per heavy atom. The summed E-state index contributed by atoms with van der Waals surface area (Å²) in [4.78, 5) is 11.0. The van der Waals surface area contributed by atoms with Gasteiger partial charge in [-0.2, -0.15) is 0 Å². The lowest BCUT2D eigenvalue weighted by Gasteiger charge is -2.12. The molecular formula is C11H13ClN2O3S. The Labute approximate surface area is 111 Å². The van der Waals surface area contributed by atoms with Crippen LogP contribution < -0.4 is 10.0 Å². The van der Waals surface area contributed by atoms with Crippen LogP contribution in [-0.4, -0.2) is 26.9 Å². The number of benzene rings is 1. The summed E-state index contributed by atoms with van der Waals surface area (Å²) in [6.07, 6.45) is 1.09. The Morgan fingerprint density at radius 1 is 1.39 bits per heavy atom. The van der Waals surface area contributed by atoms with Crippen LogP contribution >= 0.6 is 11.6 Å². The Balaban J connectivity index is 2.04. The molecule has 7 heteroatoms. The highest BCUT2D eigenvalue weighted by Gasteiger charge is 2.24. The third-order valence-electron chi connectivity index (χ3n) is 2.73. The molecule has 1 aliphatic heterocycles. The van der Waals surface area contributed by atoms with Gasteiger partial charge in [0.1, 0.15) is 4.90 Å². The van der Waals surface area contributed by atoms with Crippen LogP contribution in [0.5, 0.6) is 0 Å². The average molecular weight is 289 g/mol. The second-order valence-electron chi connectivity index (χ2n) is 4.09. The summed E-state index contributed by atoms with van der Waals surface area (Å²) in [6.45, 7) is 0.180. The zero-order valence-corrected chi connectivity index (χ0v) is 11.1. The van der Waals surface area contributed by atoms with Crippen molar-refractivity contribution in [2.24, 2.45) is 0 Å². The summed E-state index contributed by atoms with van der Waals surface area (Å²) in [5.41, 5.74) is 0. The summed E-state index contributed by atoms with van der Waals surface area (Å²) in [5, 5.41) is 2.87. The van der Waals surface area contributed by atoms with Gasteiger partial charge in [-0.15, -0.1) is 0 Å². The number of hydrogen-bond acceptors (Lipinski definition) is 3. The van der Waals surface area contributed by atoms with Crippen LogP contribution in [0.15, 0.2) is 29.2 Å². The number of halogens is 1. The number of carbonyl (C=O) groups excluding carboxylic acids is 1. The first-order valence-electron chi connectivity index (χ1n) is 5.52. The predicted octanol–water partition coefficient (Wildman–Crippen LogP) is 0.897. The van der Waals surface area contributed by atoms with E-state index in [9.17, 15) is 13.2 Å². The summed E-state index contributed by atoms with van der Waals surface area (Å²) in [5.74, 6) is -0.0445. The van der Waals surface area contributed by atoms with Crippen molar-refractivity contribution in [3.05, 3.63) is 29.3 Å². The third-order valence-corrected chi connectivity index (χ3v) is 4.65. The van der Waals surface area contributed by atoms with Gasteiger partial charge in [0.25, 0.3) is 0 Å². The molecule has 1 aliphatic rings. The van der Waals surface area contributed by atoms with Crippen LogP contribution in [0.4, 0.5) is 0 Å². The second kappa shape index (κ2) is 5.26. The SMILES string of the molecule is O=C1CCC(CNS(=O)(=O)c2ccccc2Cl)N1. The van der Waals surface area contributed by atoms with E-state index in [1.54, 1.807) is 12.1 Å². The Bertz CT molecular complexity index is 559. The van der Waals surface area contributed by atoms with Crippen molar-refractivity contribution in [2.45, 2.75) is 23.8 Å². The molecule has 0 spiro atoms. The molecule has 1 amide bonds. The van der Waals surface area contributed by atoms with E-state index in [4.69, 9.17) is 11.6 Å². The number of hydrogen-bond donors (Lipinski definition) is 2. The quantitative estimate of drug-likeness (QED) is 0.864. The van der Waals surface area contributed by atoms with E-state index in [0.29, 0.717) is 12.8 Å². The molecule has 0 bridgehead atoms. The molecule has 1 atom stereocenters. The molecule has 0 aromatic heterocycles. The van der Waals surface area contributed by atoms with E-state index in [2.05, 4.69) is 10.0 Å². The van der Waals surface area contributed by atoms with E-state index in [-0.39, 0.29) is 28.4 Å². The van der Waals surface area contributed by atoms with Crippen molar-refractivity contribution in [1.29, 1.82) is 0 Å². The zero-order chi connectivity index (χ0) is 13.2. The smallest absolute Gasteiger partial charge is 0.242 e. The summed E-state index contributed by atoms with van der Waals surface area (Å²) in [6, 6.07) is 6.09. The van der Waals surface area contributed by atoms with E-state index in [1.807, 2.05) is 0 Å². The molecule has 2 N–H and O–H groups in total. The van der Waals surface area contributed by atoms with Gasteiger partial charge in [0.15, 0.2) is 0 Å². The van der Waals surface area contributed by atoms with Crippen molar-refractivity contribution < 1.29 is 13.2 Å². The molecule has 1 aromatic carbocycles. The molecule has 98 valence electrons. The summed E-state index contributed by atoms with van der Waals surface area (Å²) in [7, 11) is -3.63. The van der Waals surface area contributed by atoms with Crippen LogP contribution in [0, 0.1) is 0 Å². The normalized spacial score (nSPS) is 19.8. The first kappa shape index (κ1) is 13.3. The lowest BCUT2D eigenvalue weighted by atomic mass is 10.2. The standard InChI is InChI=1S/C11H13ClN2O3S/c12-9-3-1-2-4-10(9)18(16,17)13-7-8-5-6-11(15)14-8/h1-4,8,13H,5-7H2,(H,14,15). The van der Waals surface area contributed by atoms with Gasteiger partial charge in [0.2, 0.25) is 15.9 Å². The molecule has 0 saturated carbocycles. The van der Waals surface area contributed by atoms with Crippen molar-refractivity contribution in [3.8, 4) is 0 Å². The topological polar surface area (TPSA) is 75.3 Å². The Kier molecular flexibility index (Phi) is 3.89. The van der Waals surface area contributed by atoms with Crippen molar-refractivity contribution in [2.75, 3.05) is 6.54 Å². The van der Waals surface area contributed by atoms with Crippen molar-refractivity contribution in [3.63, 3.8) is 0 Å². The molecular weight excluding hydrogens is 276 g/mol. The maximum Gasteiger partial charge on any atom is 0.242 e. The van der Waals surface area contributed by atoms with Crippen LogP contribution in [0.1, 0.15) is 12.8 Å². The molecule has 1 aromatic rings. The largest absolute Gasteiger partial charge is 0.352 e. The monoisotopic (exact) mass is 288 g/mol. The average Bonchev–Trinajstić information content (AvgIpc) is 2.73. The lowest BCUT2D eigenvalue weighted by Crippen LogP contribution is -2.38. The number of sulfonamides is 1. The van der Waals surface area contributed by atoms with Crippen molar-refractivity contribution >= 4 is 27.5 Å². The van der Waals surface area contributed by atoms with Gasteiger partial charge in [-0.25, -0.2) is 13.1 Å². The summed E-state index contributed by atoms with van der Waals surface area (Å²) < 4.78 is 26.4. The molecule has 0 radical (unpaired) electrons.